The fourth-order valence-electron chi connectivity index (χ4n) is 12.8. The fraction of sp³-hybridized carbons (Fsp3) is 0.662. The number of amides is 4. The number of hydrogen-bond donors (Lipinski definition) is 5. The van der Waals surface area contributed by atoms with E-state index >= 15 is 0 Å². The van der Waals surface area contributed by atoms with E-state index in [1.165, 1.54) is 18.7 Å². The van der Waals surface area contributed by atoms with Gasteiger partial charge in [-0.25, -0.2) is 4.79 Å². The number of anilines is 2. The molecule has 2 saturated heterocycles. The lowest BCUT2D eigenvalue weighted by atomic mass is 9.78. The van der Waals surface area contributed by atoms with Crippen LogP contribution < -0.4 is 16.0 Å². The first kappa shape index (κ1) is 77.7. The van der Waals surface area contributed by atoms with Gasteiger partial charge >= 0.3 is 11.9 Å². The van der Waals surface area contributed by atoms with Gasteiger partial charge in [0.2, 0.25) is 17.6 Å². The molecule has 3 aliphatic heterocycles. The lowest BCUT2D eigenvalue weighted by Crippen LogP contribution is -2.61. The van der Waals surface area contributed by atoms with Crippen LogP contribution in [0.4, 0.5) is 11.4 Å². The quantitative estimate of drug-likeness (QED) is 0.0359. The molecule has 3 fully saturated rings. The molecular formula is C68H97I3N4O16. The van der Waals surface area contributed by atoms with E-state index in [1.54, 1.807) is 48.0 Å². The molecule has 1 saturated carbocycles. The molecule has 4 aliphatic rings. The number of nitrogens with zero attached hydrogens (tertiary/aromatic N) is 1. The Balaban J connectivity index is 1.29. The highest BCUT2D eigenvalue weighted by molar-refractivity contribution is 14.1. The van der Waals surface area contributed by atoms with Gasteiger partial charge in [0.1, 0.15) is 29.8 Å². The van der Waals surface area contributed by atoms with Gasteiger partial charge in [-0.2, -0.15) is 0 Å². The molecular weight excluding hydrogens is 1510 g/mol. The van der Waals surface area contributed by atoms with Gasteiger partial charge in [0.25, 0.3) is 17.6 Å². The third-order valence-electron chi connectivity index (χ3n) is 18.3. The van der Waals surface area contributed by atoms with Gasteiger partial charge in [0.15, 0.2) is 0 Å². The summed E-state index contributed by atoms with van der Waals surface area (Å²) in [4.78, 5) is 124. The summed E-state index contributed by atoms with van der Waals surface area (Å²) in [5.74, 6) is -10.3. The number of carbonyl (C=O) groups is 9. The van der Waals surface area contributed by atoms with E-state index in [0.29, 0.717) is 123 Å². The topological polar surface area (TPSA) is 280 Å². The highest BCUT2D eigenvalue weighted by Crippen LogP contribution is 2.41. The third kappa shape index (κ3) is 21.8. The summed E-state index contributed by atoms with van der Waals surface area (Å²) in [6.07, 6.45) is 13.7. The Bertz CT molecular complexity index is 2870. The van der Waals surface area contributed by atoms with E-state index in [2.05, 4.69) is 16.0 Å². The minimum absolute atomic E-state index is 0.00733. The van der Waals surface area contributed by atoms with E-state index in [1.807, 2.05) is 126 Å². The number of hydrogen-bond acceptors (Lipinski definition) is 16. The lowest BCUT2D eigenvalue weighted by Gasteiger charge is -2.42. The number of halogens is 3. The van der Waals surface area contributed by atoms with Crippen LogP contribution in [-0.4, -0.2) is 144 Å². The molecule has 1 aromatic carbocycles. The lowest BCUT2D eigenvalue weighted by molar-refractivity contribution is -0.265. The van der Waals surface area contributed by atoms with E-state index in [4.69, 9.17) is 23.7 Å². The molecule has 5 N–H and O–H groups in total. The van der Waals surface area contributed by atoms with Crippen molar-refractivity contribution in [2.75, 3.05) is 37.9 Å². The maximum atomic E-state index is 14.7. The van der Waals surface area contributed by atoms with Gasteiger partial charge in [0.05, 0.1) is 52.1 Å². The number of aliphatic hydroxyl groups is 2. The molecule has 2 bridgehead atoms. The Kier molecular flexibility index (Phi) is 31.4. The third-order valence-corrected chi connectivity index (χ3v) is 21.6. The first-order valence-corrected chi connectivity index (χ1v) is 35.4. The van der Waals surface area contributed by atoms with E-state index in [0.717, 1.165) is 5.57 Å². The molecule has 23 heteroatoms. The Morgan fingerprint density at radius 3 is 2.10 bits per heavy atom. The first-order valence-electron chi connectivity index (χ1n) is 32.1. The van der Waals surface area contributed by atoms with Crippen LogP contribution in [0.5, 0.6) is 0 Å². The number of ether oxygens (including phenoxy) is 5. The predicted molar refractivity (Wildman–Crippen MR) is 371 cm³/mol. The smallest absolute Gasteiger partial charge is 0.329 e. The number of ketones is 3. The Hall–Kier alpha value is -4.00. The van der Waals surface area contributed by atoms with E-state index in [-0.39, 0.29) is 78.8 Å². The molecule has 3 heterocycles. The zero-order chi connectivity index (χ0) is 67.6. The number of rotatable bonds is 15. The van der Waals surface area contributed by atoms with Crippen molar-refractivity contribution in [3.8, 4) is 0 Å². The van der Waals surface area contributed by atoms with Crippen molar-refractivity contribution in [2.24, 2.45) is 41.4 Å². The largest absolute Gasteiger partial charge is 0.460 e. The van der Waals surface area contributed by atoms with E-state index < -0.39 is 89.8 Å². The number of cyclic esters (lactones) is 1. The second kappa shape index (κ2) is 36.8. The first-order chi connectivity index (χ1) is 42.9. The molecule has 20 nitrogen and oxygen atoms in total. The highest BCUT2D eigenvalue weighted by Gasteiger charge is 2.53. The van der Waals surface area contributed by atoms with Crippen molar-refractivity contribution in [1.29, 1.82) is 0 Å². The molecule has 4 amide bonds. The Morgan fingerprint density at radius 1 is 0.791 bits per heavy atom. The van der Waals surface area contributed by atoms with Crippen molar-refractivity contribution in [2.45, 2.75) is 220 Å². The van der Waals surface area contributed by atoms with Crippen LogP contribution in [0, 0.1) is 52.1 Å². The van der Waals surface area contributed by atoms with Crippen LogP contribution >= 0.6 is 67.8 Å². The van der Waals surface area contributed by atoms with Crippen LogP contribution in [0.2, 0.25) is 0 Å². The monoisotopic (exact) mass is 1610 g/mol. The summed E-state index contributed by atoms with van der Waals surface area (Å²) in [6, 6.07) is -1.20. The molecule has 5 rings (SSSR count). The van der Waals surface area contributed by atoms with Gasteiger partial charge in [-0.1, -0.05) is 84.4 Å². The standard InChI is InChI=1S/C68H97I3N4O16/c1-37-21-15-13-16-22-38(2)52(87-11)35-48-27-25-43(7)68(86,91-48)64(82)66(84)75-30-20-18-23-49(75)67(85)90-53(36-50(78)39(3)32-42(6)63(81)44(8)62(80)41(5)31-37)40(4)33-47-26-28-51(54(34-47)88-12)89-55(79)24-17-14-19-29-72-65(83)56-57(69)60(73-45(9)76)59(71)61(58(56)70)74-46(10)77/h13,15-16,21-22,32,37,39-41,43-44,47-49,51-54,63,81,86H,14,17-20,23-31,33-36H2,1-12H3,(H,72,83)(H,73,76)(H,74,77)/b16-13+,21-15+,38-22+,42-32+/t37-,39-,40+,41-,43-,44+,47+,48+,49+,51-,52+,53+,54-,63-,68-/m1/s1. The van der Waals surface area contributed by atoms with Gasteiger partial charge in [-0.15, -0.1) is 0 Å². The average Bonchev–Trinajstić information content (AvgIpc) is 0.848. The van der Waals surface area contributed by atoms with Crippen LogP contribution in [-0.2, 0) is 62.0 Å². The number of unbranched alkanes of at least 4 members (excludes halogenated alkanes) is 2. The normalized spacial score (nSPS) is 31.9. The number of nitrogens with one attached hydrogen (secondary N) is 3. The second-order valence-electron chi connectivity index (χ2n) is 25.7. The maximum Gasteiger partial charge on any atom is 0.329 e. The summed E-state index contributed by atoms with van der Waals surface area (Å²) in [7, 11) is 3.13. The van der Waals surface area contributed by atoms with Crippen molar-refractivity contribution in [1.82, 2.24) is 10.2 Å². The zero-order valence-corrected chi connectivity index (χ0v) is 61.4. The molecule has 506 valence electrons. The summed E-state index contributed by atoms with van der Waals surface area (Å²) in [5.41, 5.74) is 2.50. The number of allylic oxidation sites excluding steroid dienone is 6. The molecule has 1 aliphatic carbocycles. The van der Waals surface area contributed by atoms with Gasteiger partial charge in [-0.05, 0) is 188 Å². The van der Waals surface area contributed by atoms with Crippen molar-refractivity contribution < 1.29 is 77.0 Å². The van der Waals surface area contributed by atoms with Crippen molar-refractivity contribution in [3.63, 3.8) is 0 Å². The van der Waals surface area contributed by atoms with E-state index in [9.17, 15) is 53.4 Å². The molecule has 91 heavy (non-hydrogen) atoms. The number of benzene rings is 1. The number of piperidine rings is 1. The molecule has 0 aromatic heterocycles. The Morgan fingerprint density at radius 2 is 1.46 bits per heavy atom. The minimum Gasteiger partial charge on any atom is -0.460 e. The maximum absolute atomic E-state index is 14.7. The average molecular weight is 1610 g/mol. The van der Waals surface area contributed by atoms with Crippen molar-refractivity contribution in [3.05, 3.63) is 63.9 Å². The highest BCUT2D eigenvalue weighted by atomic mass is 127. The summed E-state index contributed by atoms with van der Waals surface area (Å²) in [6.45, 7) is 17.5. The second-order valence-corrected chi connectivity index (χ2v) is 28.9. The minimum atomic E-state index is -2.47. The zero-order valence-electron chi connectivity index (χ0n) is 55.0. The number of Topliss-reactive ketones (excluding diaryl/α,β-unsaturated/α-hetero) is 3. The molecule has 0 radical (unpaired) electrons. The number of aliphatic hydroxyl groups excluding tert-OH is 1. The summed E-state index contributed by atoms with van der Waals surface area (Å²) >= 11 is 6.07. The number of esters is 2. The Labute approximate surface area is 578 Å². The number of carbonyl (C=O) groups excluding carboxylic acids is 9. The van der Waals surface area contributed by atoms with Gasteiger partial charge in [-0.3, -0.25) is 38.4 Å². The van der Waals surface area contributed by atoms with Crippen molar-refractivity contribution >= 4 is 132 Å². The van der Waals surface area contributed by atoms with Crippen LogP contribution in [0.25, 0.3) is 0 Å². The van der Waals surface area contributed by atoms with Crippen LogP contribution in [0.3, 0.4) is 0 Å². The number of methoxy groups -OCH3 is 2. The molecule has 1 aromatic rings. The fourth-order valence-corrected chi connectivity index (χ4v) is 17.0. The number of fused-ring (bicyclic) bond motifs is 3. The summed E-state index contributed by atoms with van der Waals surface area (Å²) in [5, 5.41) is 32.1. The molecule has 0 unspecified atom stereocenters. The summed E-state index contributed by atoms with van der Waals surface area (Å²) < 4.78 is 32.1. The predicted octanol–water partition coefficient (Wildman–Crippen LogP) is 11.1. The SMILES string of the molecule is CO[C@H]1C[C@@H]2CC[C@@H](C)[C@@](O)(O2)C(=O)C(=O)N2CCCC[C@H]2C(=O)O[C@H]([C@@H](C)C[C@@H]2CC[C@@H](OC(=O)CCCCCNC(=O)c3c(I)c(NC(C)=O)c(I)c(NC(C)=O)c3I)[C@H](OC)C2)CC(=O)[C@H](C)/C=C(\C)[C@@H](O)[C@@H](C)C(=O)[C@H](C)C[C@H](C)/C=C/C=C/C=C/1C. The van der Waals surface area contributed by atoms with Crippen LogP contribution in [0.1, 0.15) is 182 Å². The molecule has 0 spiro atoms. The van der Waals surface area contributed by atoms with Gasteiger partial charge < -0.3 is 54.7 Å². The van der Waals surface area contributed by atoms with Crippen LogP contribution in [0.15, 0.2) is 47.6 Å². The molecule has 15 atom stereocenters. The van der Waals surface area contributed by atoms with Gasteiger partial charge in [0, 0.05) is 84.1 Å².